The van der Waals surface area contributed by atoms with Crippen LogP contribution in [0.4, 0.5) is 0 Å². The first-order valence-corrected chi connectivity index (χ1v) is 5.94. The van der Waals surface area contributed by atoms with Crippen LogP contribution in [-0.4, -0.2) is 29.2 Å². The monoisotopic (exact) mass is 237 g/mol. The Kier molecular flexibility index (Phi) is 2.39. The van der Waals surface area contributed by atoms with E-state index in [1.54, 1.807) is 0 Å². The lowest BCUT2D eigenvalue weighted by atomic mass is 10.1. The van der Waals surface area contributed by atoms with Crippen molar-refractivity contribution in [3.63, 3.8) is 0 Å². The number of nitrogens with zero attached hydrogens (tertiary/aromatic N) is 2. The van der Waals surface area contributed by atoms with Crippen LogP contribution >= 0.6 is 0 Å². The van der Waals surface area contributed by atoms with E-state index in [4.69, 9.17) is 9.26 Å². The zero-order valence-electron chi connectivity index (χ0n) is 9.73. The molecule has 6 heteroatoms. The highest BCUT2D eigenvalue weighted by Gasteiger charge is 2.53. The van der Waals surface area contributed by atoms with Crippen molar-refractivity contribution in [3.8, 4) is 0 Å². The molecule has 92 valence electrons. The second kappa shape index (κ2) is 3.80. The van der Waals surface area contributed by atoms with Gasteiger partial charge in [-0.05, 0) is 13.0 Å². The topological polar surface area (TPSA) is 77.2 Å². The van der Waals surface area contributed by atoms with E-state index < -0.39 is 5.60 Å². The highest BCUT2D eigenvalue weighted by Crippen LogP contribution is 2.48. The molecule has 0 unspecified atom stereocenters. The molecule has 2 aliphatic rings. The Morgan fingerprint density at radius 1 is 1.59 bits per heavy atom. The van der Waals surface area contributed by atoms with Crippen molar-refractivity contribution in [2.75, 3.05) is 13.1 Å². The van der Waals surface area contributed by atoms with Gasteiger partial charge in [-0.2, -0.15) is 4.98 Å². The first-order chi connectivity index (χ1) is 8.20. The van der Waals surface area contributed by atoms with Crippen molar-refractivity contribution < 1.29 is 14.1 Å². The predicted octanol–water partition coefficient (Wildman–Crippen LogP) is 0.699. The fraction of sp³-hybridized carbons (Fsp3) is 0.727. The summed E-state index contributed by atoms with van der Waals surface area (Å²) >= 11 is 0. The lowest BCUT2D eigenvalue weighted by molar-refractivity contribution is -0.150. The molecule has 1 N–H and O–H groups in total. The van der Waals surface area contributed by atoms with Gasteiger partial charge in [-0.3, -0.25) is 4.79 Å². The minimum absolute atomic E-state index is 0.301. The molecular formula is C11H15N3O3. The number of hydrogen-bond donors (Lipinski definition) is 1. The fourth-order valence-corrected chi connectivity index (χ4v) is 2.21. The summed E-state index contributed by atoms with van der Waals surface area (Å²) in [4.78, 5) is 15.4. The molecule has 0 spiro atoms. The van der Waals surface area contributed by atoms with Gasteiger partial charge < -0.3 is 14.6 Å². The van der Waals surface area contributed by atoms with E-state index in [1.165, 1.54) is 6.92 Å². The number of carbonyl (C=O) groups is 1. The lowest BCUT2D eigenvalue weighted by Gasteiger charge is -2.09. The quantitative estimate of drug-likeness (QED) is 0.780. The average Bonchev–Trinajstić information content (AvgIpc) is 2.77. The molecule has 1 aromatic heterocycles. The van der Waals surface area contributed by atoms with Crippen LogP contribution in [0.5, 0.6) is 0 Å². The van der Waals surface area contributed by atoms with Gasteiger partial charge in [0.05, 0.1) is 0 Å². The fourth-order valence-electron chi connectivity index (χ4n) is 2.21. The number of nitrogens with one attached hydrogen (secondary N) is 1. The molecule has 1 aliphatic carbocycles. The lowest BCUT2D eigenvalue weighted by Crippen LogP contribution is -2.16. The van der Waals surface area contributed by atoms with Crippen molar-refractivity contribution in [2.24, 2.45) is 0 Å². The van der Waals surface area contributed by atoms with Gasteiger partial charge >= 0.3 is 5.97 Å². The Bertz CT molecular complexity index is 433. The van der Waals surface area contributed by atoms with Gasteiger partial charge in [0, 0.05) is 32.2 Å². The van der Waals surface area contributed by atoms with E-state index in [0.717, 1.165) is 38.2 Å². The summed E-state index contributed by atoms with van der Waals surface area (Å²) in [7, 11) is 0. The number of ether oxygens (including phenoxy) is 1. The zero-order valence-corrected chi connectivity index (χ0v) is 9.73. The number of esters is 1. The summed E-state index contributed by atoms with van der Waals surface area (Å²) in [5.41, 5.74) is -0.622. The van der Waals surface area contributed by atoms with Crippen molar-refractivity contribution in [2.45, 2.75) is 37.7 Å². The number of rotatable bonds is 3. The summed E-state index contributed by atoms with van der Waals surface area (Å²) in [6, 6.07) is 0. The van der Waals surface area contributed by atoms with Crippen molar-refractivity contribution in [1.82, 2.24) is 15.5 Å². The van der Waals surface area contributed by atoms with E-state index in [1.807, 2.05) is 0 Å². The second-order valence-electron chi connectivity index (χ2n) is 4.74. The number of carbonyl (C=O) groups excluding carboxylic acids is 1. The molecule has 0 aromatic carbocycles. The van der Waals surface area contributed by atoms with Crippen LogP contribution in [0.15, 0.2) is 4.52 Å². The molecule has 0 amide bonds. The minimum atomic E-state index is -0.622. The van der Waals surface area contributed by atoms with Gasteiger partial charge in [-0.15, -0.1) is 0 Å². The summed E-state index contributed by atoms with van der Waals surface area (Å²) < 4.78 is 10.5. The molecule has 1 saturated carbocycles. The molecule has 1 aromatic rings. The largest absolute Gasteiger partial charge is 0.449 e. The maximum absolute atomic E-state index is 11.0. The first-order valence-electron chi connectivity index (χ1n) is 5.94. The second-order valence-corrected chi connectivity index (χ2v) is 4.74. The van der Waals surface area contributed by atoms with Gasteiger partial charge in [-0.25, -0.2) is 0 Å². The van der Waals surface area contributed by atoms with E-state index in [9.17, 15) is 4.79 Å². The maximum Gasteiger partial charge on any atom is 0.303 e. The Hall–Kier alpha value is -1.43. The maximum atomic E-state index is 11.0. The van der Waals surface area contributed by atoms with Gasteiger partial charge in [-0.1, -0.05) is 5.16 Å². The van der Waals surface area contributed by atoms with Crippen molar-refractivity contribution in [3.05, 3.63) is 11.7 Å². The summed E-state index contributed by atoms with van der Waals surface area (Å²) in [6.45, 7) is 3.28. The molecule has 1 aliphatic heterocycles. The van der Waals surface area contributed by atoms with Crippen LogP contribution in [0.3, 0.4) is 0 Å². The van der Waals surface area contributed by atoms with Crippen molar-refractivity contribution in [1.29, 1.82) is 0 Å². The smallest absolute Gasteiger partial charge is 0.303 e. The number of hydrogen-bond acceptors (Lipinski definition) is 6. The first kappa shape index (κ1) is 10.7. The van der Waals surface area contributed by atoms with Crippen LogP contribution in [0.1, 0.15) is 43.8 Å². The Morgan fingerprint density at radius 3 is 3.00 bits per heavy atom. The Morgan fingerprint density at radius 2 is 2.41 bits per heavy atom. The molecule has 1 saturated heterocycles. The normalized spacial score (nSPS) is 25.8. The summed E-state index contributed by atoms with van der Waals surface area (Å²) in [5.74, 6) is 1.20. The average molecular weight is 237 g/mol. The molecule has 0 radical (unpaired) electrons. The zero-order chi connectivity index (χ0) is 11.9. The molecule has 6 nitrogen and oxygen atoms in total. The molecule has 0 bridgehead atoms. The highest BCUT2D eigenvalue weighted by molar-refractivity contribution is 5.67. The van der Waals surface area contributed by atoms with Gasteiger partial charge in [0.2, 0.25) is 0 Å². The highest BCUT2D eigenvalue weighted by atomic mass is 16.6. The standard InChI is InChI=1S/C11H15N3O3/c1-7(15)16-11(3-4-11)10-13-9(14-17-10)8-2-5-12-6-8/h8,12H,2-6H2,1H3/t8-/m0/s1. The summed E-state index contributed by atoms with van der Waals surface area (Å²) in [5, 5.41) is 7.25. The molecule has 1 atom stereocenters. The predicted molar refractivity (Wildman–Crippen MR) is 57.2 cm³/mol. The van der Waals surface area contributed by atoms with E-state index in [0.29, 0.717) is 11.8 Å². The third kappa shape index (κ3) is 1.93. The van der Waals surface area contributed by atoms with Crippen LogP contribution in [-0.2, 0) is 15.1 Å². The molecule has 3 rings (SSSR count). The SMILES string of the molecule is CC(=O)OC1(c2nc([C@H]3CCNC3)no2)CC1. The number of aromatic nitrogens is 2. The third-order valence-corrected chi connectivity index (χ3v) is 3.30. The molecule has 17 heavy (non-hydrogen) atoms. The van der Waals surface area contributed by atoms with E-state index in [-0.39, 0.29) is 5.97 Å². The van der Waals surface area contributed by atoms with E-state index >= 15 is 0 Å². The van der Waals surface area contributed by atoms with Crippen LogP contribution < -0.4 is 5.32 Å². The van der Waals surface area contributed by atoms with Crippen LogP contribution in [0.25, 0.3) is 0 Å². The summed E-state index contributed by atoms with van der Waals surface area (Å²) in [6.07, 6.45) is 2.58. The third-order valence-electron chi connectivity index (χ3n) is 3.30. The molecule has 2 fully saturated rings. The van der Waals surface area contributed by atoms with Crippen LogP contribution in [0, 0.1) is 0 Å². The molecule has 2 heterocycles. The minimum Gasteiger partial charge on any atom is -0.449 e. The Labute approximate surface area is 98.7 Å². The van der Waals surface area contributed by atoms with Crippen LogP contribution in [0.2, 0.25) is 0 Å². The van der Waals surface area contributed by atoms with Gasteiger partial charge in [0.25, 0.3) is 5.89 Å². The van der Waals surface area contributed by atoms with Gasteiger partial charge in [0.1, 0.15) is 0 Å². The Balaban J connectivity index is 1.78. The van der Waals surface area contributed by atoms with Crippen molar-refractivity contribution >= 4 is 5.97 Å². The van der Waals surface area contributed by atoms with E-state index in [2.05, 4.69) is 15.5 Å². The van der Waals surface area contributed by atoms with Gasteiger partial charge in [0.15, 0.2) is 11.4 Å². The molecular weight excluding hydrogens is 222 g/mol.